The van der Waals surface area contributed by atoms with E-state index in [1.807, 2.05) is 6.33 Å². The standard InChI is InChI=1S/C13H24N4/c1-10(2)13(14)12-8-17(9-15-12)7-11-5-4-6-16(11)3/h8-11,13H,4-7,14H2,1-3H3/t11-,13?/m1/s1. The molecule has 0 radical (unpaired) electrons. The largest absolute Gasteiger partial charge is 0.336 e. The van der Waals surface area contributed by atoms with E-state index in [0.717, 1.165) is 12.2 Å². The molecule has 2 heterocycles. The summed E-state index contributed by atoms with van der Waals surface area (Å²) in [6.45, 7) is 6.52. The topological polar surface area (TPSA) is 47.1 Å². The number of nitrogens with two attached hydrogens (primary N) is 1. The van der Waals surface area contributed by atoms with Crippen molar-refractivity contribution in [2.45, 2.75) is 45.3 Å². The fourth-order valence-electron chi connectivity index (χ4n) is 2.44. The molecular formula is C13H24N4. The highest BCUT2D eigenvalue weighted by molar-refractivity contribution is 5.04. The van der Waals surface area contributed by atoms with Gasteiger partial charge in [0.05, 0.1) is 18.1 Å². The highest BCUT2D eigenvalue weighted by Crippen LogP contribution is 2.19. The zero-order valence-corrected chi connectivity index (χ0v) is 11.1. The van der Waals surface area contributed by atoms with E-state index in [1.54, 1.807) is 0 Å². The molecule has 1 aliphatic rings. The lowest BCUT2D eigenvalue weighted by Crippen LogP contribution is -2.28. The van der Waals surface area contributed by atoms with Gasteiger partial charge in [-0.05, 0) is 32.4 Å². The molecule has 96 valence electrons. The summed E-state index contributed by atoms with van der Waals surface area (Å²) in [5.74, 6) is 0.438. The minimum Gasteiger partial charge on any atom is -0.336 e. The lowest BCUT2D eigenvalue weighted by molar-refractivity contribution is 0.282. The Kier molecular flexibility index (Phi) is 3.84. The summed E-state index contributed by atoms with van der Waals surface area (Å²) >= 11 is 0. The number of hydrogen-bond acceptors (Lipinski definition) is 3. The molecule has 0 aliphatic carbocycles. The second-order valence-electron chi connectivity index (χ2n) is 5.54. The van der Waals surface area contributed by atoms with Crippen LogP contribution in [0.3, 0.4) is 0 Å². The van der Waals surface area contributed by atoms with Crippen molar-refractivity contribution < 1.29 is 0 Å². The van der Waals surface area contributed by atoms with Crippen LogP contribution in [0.1, 0.15) is 38.4 Å². The molecule has 17 heavy (non-hydrogen) atoms. The van der Waals surface area contributed by atoms with E-state index in [-0.39, 0.29) is 6.04 Å². The van der Waals surface area contributed by atoms with Crippen molar-refractivity contribution in [3.05, 3.63) is 18.2 Å². The number of aromatic nitrogens is 2. The second kappa shape index (κ2) is 5.19. The van der Waals surface area contributed by atoms with Crippen LogP contribution in [0.15, 0.2) is 12.5 Å². The normalized spacial score (nSPS) is 23.5. The molecule has 0 amide bonds. The van der Waals surface area contributed by atoms with E-state index >= 15 is 0 Å². The zero-order chi connectivity index (χ0) is 12.4. The van der Waals surface area contributed by atoms with Crippen LogP contribution in [0.5, 0.6) is 0 Å². The van der Waals surface area contributed by atoms with Crippen LogP contribution in [0.2, 0.25) is 0 Å². The maximum Gasteiger partial charge on any atom is 0.0950 e. The number of likely N-dealkylation sites (tertiary alicyclic amines) is 1. The van der Waals surface area contributed by atoms with Crippen molar-refractivity contribution in [1.82, 2.24) is 14.5 Å². The Morgan fingerprint density at radius 1 is 1.53 bits per heavy atom. The molecule has 0 bridgehead atoms. The van der Waals surface area contributed by atoms with Crippen molar-refractivity contribution in [1.29, 1.82) is 0 Å². The van der Waals surface area contributed by atoms with E-state index in [1.165, 1.54) is 19.4 Å². The molecule has 1 aromatic heterocycles. The molecule has 1 unspecified atom stereocenters. The summed E-state index contributed by atoms with van der Waals surface area (Å²) in [5.41, 5.74) is 7.11. The molecule has 0 spiro atoms. The molecule has 1 fully saturated rings. The number of hydrogen-bond donors (Lipinski definition) is 1. The quantitative estimate of drug-likeness (QED) is 0.864. The SMILES string of the molecule is CC(C)C(N)c1cn(C[C@H]2CCCN2C)cn1. The summed E-state index contributed by atoms with van der Waals surface area (Å²) in [4.78, 5) is 6.86. The Morgan fingerprint density at radius 3 is 2.88 bits per heavy atom. The maximum absolute atomic E-state index is 6.10. The lowest BCUT2D eigenvalue weighted by atomic mass is 10.0. The maximum atomic E-state index is 6.10. The number of nitrogens with zero attached hydrogens (tertiary/aromatic N) is 3. The molecule has 2 rings (SSSR count). The second-order valence-corrected chi connectivity index (χ2v) is 5.54. The minimum absolute atomic E-state index is 0.0533. The van der Waals surface area contributed by atoms with E-state index in [9.17, 15) is 0 Å². The predicted molar refractivity (Wildman–Crippen MR) is 69.6 cm³/mol. The Labute approximate surface area is 104 Å². The van der Waals surface area contributed by atoms with Gasteiger partial charge < -0.3 is 15.2 Å². The first-order valence-corrected chi connectivity index (χ1v) is 6.55. The third-order valence-electron chi connectivity index (χ3n) is 3.81. The smallest absolute Gasteiger partial charge is 0.0950 e. The van der Waals surface area contributed by atoms with Crippen LogP contribution in [0.4, 0.5) is 0 Å². The molecule has 1 aromatic rings. The van der Waals surface area contributed by atoms with E-state index in [4.69, 9.17) is 5.73 Å². The third-order valence-corrected chi connectivity index (χ3v) is 3.81. The fraction of sp³-hybridized carbons (Fsp3) is 0.769. The molecular weight excluding hydrogens is 212 g/mol. The Bertz CT molecular complexity index is 358. The first-order chi connectivity index (χ1) is 8.08. The molecule has 0 aromatic carbocycles. The Balaban J connectivity index is 1.98. The van der Waals surface area contributed by atoms with Crippen molar-refractivity contribution in [3.63, 3.8) is 0 Å². The molecule has 1 aliphatic heterocycles. The van der Waals surface area contributed by atoms with Gasteiger partial charge in [0.25, 0.3) is 0 Å². The van der Waals surface area contributed by atoms with E-state index in [0.29, 0.717) is 12.0 Å². The van der Waals surface area contributed by atoms with E-state index in [2.05, 4.69) is 41.5 Å². The lowest BCUT2D eigenvalue weighted by Gasteiger charge is -2.19. The number of likely N-dealkylation sites (N-methyl/N-ethyl adjacent to an activating group) is 1. The van der Waals surface area contributed by atoms with Gasteiger partial charge >= 0.3 is 0 Å². The van der Waals surface area contributed by atoms with Gasteiger partial charge in [0.1, 0.15) is 0 Å². The van der Waals surface area contributed by atoms with Gasteiger partial charge in [-0.15, -0.1) is 0 Å². The molecule has 2 N–H and O–H groups in total. The van der Waals surface area contributed by atoms with Crippen molar-refractivity contribution >= 4 is 0 Å². The van der Waals surface area contributed by atoms with Crippen LogP contribution in [-0.4, -0.2) is 34.1 Å². The molecule has 0 saturated carbocycles. The molecule has 4 nitrogen and oxygen atoms in total. The average molecular weight is 236 g/mol. The van der Waals surface area contributed by atoms with Crippen LogP contribution in [0.25, 0.3) is 0 Å². The van der Waals surface area contributed by atoms with Gasteiger partial charge in [-0.1, -0.05) is 13.8 Å². The van der Waals surface area contributed by atoms with Crippen LogP contribution >= 0.6 is 0 Å². The summed E-state index contributed by atoms with van der Waals surface area (Å²) < 4.78 is 2.18. The molecule has 1 saturated heterocycles. The first-order valence-electron chi connectivity index (χ1n) is 6.55. The van der Waals surface area contributed by atoms with Crippen molar-refractivity contribution in [3.8, 4) is 0 Å². The monoisotopic (exact) mass is 236 g/mol. The highest BCUT2D eigenvalue weighted by atomic mass is 15.2. The summed E-state index contributed by atoms with van der Waals surface area (Å²) in [6, 6.07) is 0.713. The predicted octanol–water partition coefficient (Wildman–Crippen LogP) is 1.63. The third kappa shape index (κ3) is 2.87. The Morgan fingerprint density at radius 2 is 2.29 bits per heavy atom. The van der Waals surface area contributed by atoms with Crippen molar-refractivity contribution in [2.24, 2.45) is 11.7 Å². The van der Waals surface area contributed by atoms with Gasteiger partial charge in [-0.25, -0.2) is 4.98 Å². The zero-order valence-electron chi connectivity index (χ0n) is 11.1. The van der Waals surface area contributed by atoms with Gasteiger partial charge in [0, 0.05) is 18.8 Å². The summed E-state index contributed by atoms with van der Waals surface area (Å²) in [6.07, 6.45) is 6.63. The summed E-state index contributed by atoms with van der Waals surface area (Å²) in [5, 5.41) is 0. The molecule has 2 atom stereocenters. The highest BCUT2D eigenvalue weighted by Gasteiger charge is 2.21. The van der Waals surface area contributed by atoms with Crippen LogP contribution in [-0.2, 0) is 6.54 Å². The van der Waals surface area contributed by atoms with Gasteiger partial charge in [-0.3, -0.25) is 0 Å². The van der Waals surface area contributed by atoms with Crippen LogP contribution < -0.4 is 5.73 Å². The average Bonchev–Trinajstić information content (AvgIpc) is 2.88. The molecule has 4 heteroatoms. The first kappa shape index (κ1) is 12.6. The summed E-state index contributed by atoms with van der Waals surface area (Å²) in [7, 11) is 2.20. The van der Waals surface area contributed by atoms with Crippen molar-refractivity contribution in [2.75, 3.05) is 13.6 Å². The fourth-order valence-corrected chi connectivity index (χ4v) is 2.44. The van der Waals surface area contributed by atoms with Crippen LogP contribution in [0, 0.1) is 5.92 Å². The minimum atomic E-state index is 0.0533. The van der Waals surface area contributed by atoms with Gasteiger partial charge in [0.15, 0.2) is 0 Å². The number of imidazole rings is 1. The number of rotatable bonds is 4. The van der Waals surface area contributed by atoms with Gasteiger partial charge in [-0.2, -0.15) is 0 Å². The van der Waals surface area contributed by atoms with E-state index < -0.39 is 0 Å². The van der Waals surface area contributed by atoms with Gasteiger partial charge in [0.2, 0.25) is 0 Å². The Hall–Kier alpha value is -0.870.